The van der Waals surface area contributed by atoms with Crippen LogP contribution in [0.2, 0.25) is 6.32 Å². The maximum Gasteiger partial charge on any atom is 0.174 e. The van der Waals surface area contributed by atoms with Gasteiger partial charge >= 0.3 is 0 Å². The van der Waals surface area contributed by atoms with Gasteiger partial charge in [-0.3, -0.25) is 9.78 Å². The van der Waals surface area contributed by atoms with E-state index >= 15 is 0 Å². The Morgan fingerprint density at radius 2 is 2.40 bits per heavy atom. The van der Waals surface area contributed by atoms with E-state index in [2.05, 4.69) is 9.97 Å². The van der Waals surface area contributed by atoms with Gasteiger partial charge in [-0.05, 0) is 6.32 Å². The summed E-state index contributed by atoms with van der Waals surface area (Å²) in [6, 6.07) is 0. The highest BCUT2D eigenvalue weighted by atomic mass is 16.1. The fourth-order valence-corrected chi connectivity index (χ4v) is 0.624. The van der Waals surface area contributed by atoms with Gasteiger partial charge in [0, 0.05) is 12.4 Å². The summed E-state index contributed by atoms with van der Waals surface area (Å²) < 4.78 is 0. The molecule has 0 aliphatic rings. The van der Waals surface area contributed by atoms with Crippen LogP contribution in [0.15, 0.2) is 18.6 Å². The molecule has 0 N–H and O–H groups in total. The van der Waals surface area contributed by atoms with Gasteiger partial charge in [0.05, 0.1) is 6.20 Å². The average Bonchev–Trinajstić information content (AvgIpc) is 2.05. The summed E-state index contributed by atoms with van der Waals surface area (Å²) in [5.74, 6) is 0.0353. The maximum absolute atomic E-state index is 10.9. The first kappa shape index (κ1) is 6.93. The lowest BCUT2D eigenvalue weighted by Crippen LogP contribution is -2.00. The number of hydrogen-bond acceptors (Lipinski definition) is 3. The summed E-state index contributed by atoms with van der Waals surface area (Å²) in [6.45, 7) is 0. The molecule has 1 aromatic rings. The van der Waals surface area contributed by atoms with E-state index in [1.165, 1.54) is 12.4 Å². The van der Waals surface area contributed by atoms with Gasteiger partial charge in [-0.15, -0.1) is 0 Å². The standard InChI is InChI=1S/C6H7BN2O/c7-3-6(10)5-4-8-1-2-9-5/h1-2,4H,3,7H2. The third-order valence-electron chi connectivity index (χ3n) is 1.17. The number of nitrogens with zero attached hydrogens (tertiary/aromatic N) is 2. The van der Waals surface area contributed by atoms with Crippen molar-refractivity contribution in [3.8, 4) is 0 Å². The van der Waals surface area contributed by atoms with Gasteiger partial charge < -0.3 is 0 Å². The number of ketones is 1. The highest BCUT2D eigenvalue weighted by Crippen LogP contribution is 1.93. The van der Waals surface area contributed by atoms with E-state index in [9.17, 15) is 4.79 Å². The quantitative estimate of drug-likeness (QED) is 0.412. The Labute approximate surface area is 59.9 Å². The van der Waals surface area contributed by atoms with E-state index in [0.717, 1.165) is 0 Å². The first-order chi connectivity index (χ1) is 4.84. The zero-order valence-corrected chi connectivity index (χ0v) is 5.74. The van der Waals surface area contributed by atoms with Gasteiger partial charge in [0.15, 0.2) is 5.78 Å². The minimum Gasteiger partial charge on any atom is -0.293 e. The molecule has 1 aromatic heterocycles. The van der Waals surface area contributed by atoms with Crippen LogP contribution in [0.3, 0.4) is 0 Å². The van der Waals surface area contributed by atoms with Crippen LogP contribution in [0.4, 0.5) is 0 Å². The van der Waals surface area contributed by atoms with E-state index in [4.69, 9.17) is 0 Å². The van der Waals surface area contributed by atoms with E-state index in [-0.39, 0.29) is 5.78 Å². The van der Waals surface area contributed by atoms with Crippen molar-refractivity contribution in [1.29, 1.82) is 0 Å². The monoisotopic (exact) mass is 134 g/mol. The second kappa shape index (κ2) is 3.10. The van der Waals surface area contributed by atoms with Gasteiger partial charge in [0.25, 0.3) is 0 Å². The fraction of sp³-hybridized carbons (Fsp3) is 0.167. The zero-order chi connectivity index (χ0) is 7.40. The van der Waals surface area contributed by atoms with Crippen molar-refractivity contribution in [3.63, 3.8) is 0 Å². The molecule has 0 radical (unpaired) electrons. The van der Waals surface area contributed by atoms with Crippen LogP contribution in [-0.2, 0) is 0 Å². The Bertz CT molecular complexity index is 224. The molecular formula is C6H7BN2O. The van der Waals surface area contributed by atoms with E-state index in [1.807, 2.05) is 0 Å². The highest BCUT2D eigenvalue weighted by Gasteiger charge is 2.01. The molecular weight excluding hydrogens is 127 g/mol. The van der Waals surface area contributed by atoms with Gasteiger partial charge in [-0.2, -0.15) is 0 Å². The molecule has 0 fully saturated rings. The van der Waals surface area contributed by atoms with Crippen molar-refractivity contribution in [2.24, 2.45) is 0 Å². The molecule has 0 spiro atoms. The van der Waals surface area contributed by atoms with Crippen molar-refractivity contribution >= 4 is 13.6 Å². The highest BCUT2D eigenvalue weighted by molar-refractivity contribution is 6.23. The maximum atomic E-state index is 10.9. The predicted molar refractivity (Wildman–Crippen MR) is 39.7 cm³/mol. The smallest absolute Gasteiger partial charge is 0.174 e. The van der Waals surface area contributed by atoms with Gasteiger partial charge in [-0.1, -0.05) is 0 Å². The molecule has 0 aromatic carbocycles. The van der Waals surface area contributed by atoms with Crippen LogP contribution in [0, 0.1) is 0 Å². The minimum atomic E-state index is 0.0353. The third kappa shape index (κ3) is 1.40. The summed E-state index contributed by atoms with van der Waals surface area (Å²) in [4.78, 5) is 18.5. The zero-order valence-electron chi connectivity index (χ0n) is 5.74. The summed E-state index contributed by atoms with van der Waals surface area (Å²) >= 11 is 0. The van der Waals surface area contributed by atoms with E-state index in [0.29, 0.717) is 12.0 Å². The number of aromatic nitrogens is 2. The van der Waals surface area contributed by atoms with Crippen molar-refractivity contribution in [1.82, 2.24) is 9.97 Å². The summed E-state index contributed by atoms with van der Waals surface area (Å²) in [6.07, 6.45) is 5.03. The molecule has 1 heterocycles. The number of carbonyl (C=O) groups excluding carboxylic acids is 1. The molecule has 0 aliphatic heterocycles. The molecule has 4 heteroatoms. The molecule has 0 bridgehead atoms. The van der Waals surface area contributed by atoms with Crippen LogP contribution in [0.5, 0.6) is 0 Å². The normalized spacial score (nSPS) is 9.20. The van der Waals surface area contributed by atoms with Crippen molar-refractivity contribution in [2.45, 2.75) is 6.32 Å². The Morgan fingerprint density at radius 1 is 1.60 bits per heavy atom. The first-order valence-corrected chi connectivity index (χ1v) is 3.13. The largest absolute Gasteiger partial charge is 0.293 e. The molecule has 0 saturated carbocycles. The topological polar surface area (TPSA) is 42.9 Å². The van der Waals surface area contributed by atoms with E-state index in [1.54, 1.807) is 14.0 Å². The fourth-order valence-electron chi connectivity index (χ4n) is 0.624. The molecule has 50 valence electrons. The summed E-state index contributed by atoms with van der Waals surface area (Å²) in [5.41, 5.74) is 0.449. The third-order valence-corrected chi connectivity index (χ3v) is 1.17. The molecule has 3 nitrogen and oxygen atoms in total. The van der Waals surface area contributed by atoms with Crippen molar-refractivity contribution < 1.29 is 4.79 Å². The van der Waals surface area contributed by atoms with Gasteiger partial charge in [-0.25, -0.2) is 4.98 Å². The lowest BCUT2D eigenvalue weighted by atomic mass is 9.99. The van der Waals surface area contributed by atoms with E-state index < -0.39 is 0 Å². The van der Waals surface area contributed by atoms with Crippen molar-refractivity contribution in [2.75, 3.05) is 0 Å². The van der Waals surface area contributed by atoms with Crippen LogP contribution in [-0.4, -0.2) is 23.6 Å². The number of carbonyl (C=O) groups is 1. The molecule has 10 heavy (non-hydrogen) atoms. The van der Waals surface area contributed by atoms with Crippen LogP contribution in [0.1, 0.15) is 10.5 Å². The SMILES string of the molecule is BCC(=O)c1cnccn1. The second-order valence-corrected chi connectivity index (χ2v) is 1.87. The lowest BCUT2D eigenvalue weighted by molar-refractivity contribution is 0.101. The van der Waals surface area contributed by atoms with Crippen molar-refractivity contribution in [3.05, 3.63) is 24.3 Å². The molecule has 0 aliphatic carbocycles. The average molecular weight is 134 g/mol. The molecule has 0 unspecified atom stereocenters. The summed E-state index contributed by atoms with van der Waals surface area (Å²) in [5, 5.41) is 0. The number of Topliss-reactive ketones (excluding diaryl/α,β-unsaturated/α-hetero) is 1. The first-order valence-electron chi connectivity index (χ1n) is 3.13. The molecule has 0 saturated heterocycles. The Hall–Kier alpha value is -1.19. The van der Waals surface area contributed by atoms with Crippen LogP contribution >= 0.6 is 0 Å². The minimum absolute atomic E-state index is 0.0353. The van der Waals surface area contributed by atoms with Gasteiger partial charge in [0.1, 0.15) is 13.5 Å². The Morgan fingerprint density at radius 3 is 2.90 bits per heavy atom. The number of rotatable bonds is 2. The number of hydrogen-bond donors (Lipinski definition) is 0. The molecule has 0 atom stereocenters. The second-order valence-electron chi connectivity index (χ2n) is 1.87. The summed E-state index contributed by atoms with van der Waals surface area (Å²) in [7, 11) is 1.80. The molecule has 0 amide bonds. The van der Waals surface area contributed by atoms with Crippen LogP contribution in [0.25, 0.3) is 0 Å². The molecule has 1 rings (SSSR count). The Balaban J connectivity index is 2.85. The van der Waals surface area contributed by atoms with Gasteiger partial charge in [0.2, 0.25) is 0 Å². The predicted octanol–water partition coefficient (Wildman–Crippen LogP) is -0.289. The van der Waals surface area contributed by atoms with Crippen LogP contribution < -0.4 is 0 Å². The lowest BCUT2D eigenvalue weighted by Gasteiger charge is -1.91. The Kier molecular flexibility index (Phi) is 2.15.